The number of hydrogen-bond donors (Lipinski definition) is 1. The molecule has 0 bridgehead atoms. The van der Waals surface area contributed by atoms with E-state index in [1.807, 2.05) is 6.92 Å². The van der Waals surface area contributed by atoms with Crippen molar-refractivity contribution >= 4 is 0 Å². The molecule has 0 radical (unpaired) electrons. The molecular formula is C14H17F2N. The molecule has 0 aliphatic rings. The molecule has 0 amide bonds. The van der Waals surface area contributed by atoms with Gasteiger partial charge in [0.25, 0.3) is 0 Å². The number of hydrogen-bond acceptors (Lipinski definition) is 1. The minimum atomic E-state index is -0.808. The first-order chi connectivity index (χ1) is 8.19. The van der Waals surface area contributed by atoms with E-state index < -0.39 is 11.6 Å². The van der Waals surface area contributed by atoms with Crippen molar-refractivity contribution in [2.45, 2.75) is 32.2 Å². The van der Waals surface area contributed by atoms with E-state index in [1.54, 1.807) is 6.07 Å². The average Bonchev–Trinajstić information content (AvgIpc) is 2.32. The summed E-state index contributed by atoms with van der Waals surface area (Å²) < 4.78 is 26.5. The van der Waals surface area contributed by atoms with Crippen LogP contribution >= 0.6 is 0 Å². The van der Waals surface area contributed by atoms with E-state index in [0.29, 0.717) is 18.4 Å². The van der Waals surface area contributed by atoms with Crippen LogP contribution in [0.2, 0.25) is 0 Å². The van der Waals surface area contributed by atoms with Crippen LogP contribution in [-0.2, 0) is 6.42 Å². The average molecular weight is 237 g/mol. The quantitative estimate of drug-likeness (QED) is 0.750. The minimum absolute atomic E-state index is 0.00347. The van der Waals surface area contributed by atoms with Gasteiger partial charge in [0.05, 0.1) is 0 Å². The number of halogens is 2. The molecule has 3 heteroatoms. The maximum Gasteiger partial charge on any atom is 0.162 e. The highest BCUT2D eigenvalue weighted by Crippen LogP contribution is 2.14. The molecule has 0 heterocycles. The van der Waals surface area contributed by atoms with E-state index in [-0.39, 0.29) is 6.04 Å². The Morgan fingerprint density at radius 1 is 1.41 bits per heavy atom. The third kappa shape index (κ3) is 4.16. The van der Waals surface area contributed by atoms with Crippen molar-refractivity contribution in [3.05, 3.63) is 35.4 Å². The Bertz CT molecular complexity index is 396. The Balaban J connectivity index is 2.72. The highest BCUT2D eigenvalue weighted by Gasteiger charge is 2.13. The van der Waals surface area contributed by atoms with Gasteiger partial charge in [-0.2, -0.15) is 0 Å². The molecule has 17 heavy (non-hydrogen) atoms. The highest BCUT2D eigenvalue weighted by molar-refractivity contribution is 5.20. The van der Waals surface area contributed by atoms with Gasteiger partial charge in [0, 0.05) is 12.5 Å². The third-order valence-corrected chi connectivity index (χ3v) is 2.55. The van der Waals surface area contributed by atoms with Crippen LogP contribution in [-0.4, -0.2) is 12.6 Å². The van der Waals surface area contributed by atoms with Crippen molar-refractivity contribution in [1.29, 1.82) is 0 Å². The van der Waals surface area contributed by atoms with Crippen LogP contribution in [0.15, 0.2) is 18.2 Å². The molecule has 1 N–H and O–H groups in total. The summed E-state index contributed by atoms with van der Waals surface area (Å²) in [6, 6.07) is 4.22. The minimum Gasteiger partial charge on any atom is -0.313 e. The molecule has 0 aliphatic carbocycles. The second-order valence-electron chi connectivity index (χ2n) is 3.98. The second kappa shape index (κ2) is 7.03. The monoisotopic (exact) mass is 237 g/mol. The van der Waals surface area contributed by atoms with Gasteiger partial charge in [-0.25, -0.2) is 8.78 Å². The normalized spacial score (nSPS) is 12.1. The van der Waals surface area contributed by atoms with E-state index in [0.717, 1.165) is 19.0 Å². The molecule has 1 atom stereocenters. The SMILES string of the molecule is C#CCC(Cc1cccc(F)c1F)NCCC. The van der Waals surface area contributed by atoms with E-state index >= 15 is 0 Å². The van der Waals surface area contributed by atoms with Crippen LogP contribution in [0.5, 0.6) is 0 Å². The first-order valence-corrected chi connectivity index (χ1v) is 5.78. The van der Waals surface area contributed by atoms with E-state index in [9.17, 15) is 8.78 Å². The summed E-state index contributed by atoms with van der Waals surface area (Å²) in [5.41, 5.74) is 0.369. The molecule has 0 saturated heterocycles. The largest absolute Gasteiger partial charge is 0.313 e. The third-order valence-electron chi connectivity index (χ3n) is 2.55. The van der Waals surface area contributed by atoms with Crippen molar-refractivity contribution in [1.82, 2.24) is 5.32 Å². The summed E-state index contributed by atoms with van der Waals surface area (Å²) in [7, 11) is 0. The first kappa shape index (κ1) is 13.7. The standard InChI is InChI=1S/C14H17F2N/c1-3-6-12(17-9-4-2)10-11-7-5-8-13(15)14(11)16/h1,5,7-8,12,17H,4,6,9-10H2,2H3. The smallest absolute Gasteiger partial charge is 0.162 e. The molecule has 1 aromatic rings. The Labute approximate surface area is 101 Å². The van der Waals surface area contributed by atoms with Crippen LogP contribution < -0.4 is 5.32 Å². The van der Waals surface area contributed by atoms with Gasteiger partial charge in [-0.3, -0.25) is 0 Å². The second-order valence-corrected chi connectivity index (χ2v) is 3.98. The Hall–Kier alpha value is -1.40. The van der Waals surface area contributed by atoms with E-state index in [1.165, 1.54) is 6.07 Å². The zero-order valence-corrected chi connectivity index (χ0v) is 9.97. The Morgan fingerprint density at radius 2 is 2.18 bits per heavy atom. The van der Waals surface area contributed by atoms with Crippen LogP contribution in [0.25, 0.3) is 0 Å². The van der Waals surface area contributed by atoms with Crippen LogP contribution in [0.1, 0.15) is 25.3 Å². The van der Waals surface area contributed by atoms with Gasteiger partial charge in [0.1, 0.15) is 0 Å². The zero-order chi connectivity index (χ0) is 12.7. The molecule has 1 unspecified atom stereocenters. The molecule has 0 aromatic heterocycles. The fourth-order valence-corrected chi connectivity index (χ4v) is 1.68. The number of benzene rings is 1. The summed E-state index contributed by atoms with van der Waals surface area (Å²) in [5, 5.41) is 3.23. The lowest BCUT2D eigenvalue weighted by Crippen LogP contribution is -2.31. The first-order valence-electron chi connectivity index (χ1n) is 5.78. The lowest BCUT2D eigenvalue weighted by Gasteiger charge is -2.16. The molecule has 0 spiro atoms. The molecule has 0 fully saturated rings. The maximum absolute atomic E-state index is 13.5. The fourth-order valence-electron chi connectivity index (χ4n) is 1.68. The summed E-state index contributed by atoms with van der Waals surface area (Å²) in [6.45, 7) is 2.87. The highest BCUT2D eigenvalue weighted by atomic mass is 19.2. The molecule has 1 rings (SSSR count). The van der Waals surface area contributed by atoms with E-state index in [2.05, 4.69) is 11.2 Å². The van der Waals surface area contributed by atoms with Gasteiger partial charge >= 0.3 is 0 Å². The van der Waals surface area contributed by atoms with Crippen molar-refractivity contribution in [2.75, 3.05) is 6.54 Å². The number of rotatable bonds is 6. The molecule has 1 nitrogen and oxygen atoms in total. The van der Waals surface area contributed by atoms with Gasteiger partial charge in [0.2, 0.25) is 0 Å². The maximum atomic E-state index is 13.5. The number of terminal acetylenes is 1. The van der Waals surface area contributed by atoms with Crippen molar-refractivity contribution in [3.63, 3.8) is 0 Å². The summed E-state index contributed by atoms with van der Waals surface area (Å²) in [4.78, 5) is 0. The summed E-state index contributed by atoms with van der Waals surface area (Å²) >= 11 is 0. The van der Waals surface area contributed by atoms with Crippen molar-refractivity contribution < 1.29 is 8.78 Å². The topological polar surface area (TPSA) is 12.0 Å². The van der Waals surface area contributed by atoms with Gasteiger partial charge in [-0.05, 0) is 31.0 Å². The molecule has 0 aliphatic heterocycles. The molecular weight excluding hydrogens is 220 g/mol. The summed E-state index contributed by atoms with van der Waals surface area (Å²) in [6.07, 6.45) is 7.16. The van der Waals surface area contributed by atoms with Gasteiger partial charge < -0.3 is 5.32 Å². The predicted molar refractivity (Wildman–Crippen MR) is 65.6 cm³/mol. The van der Waals surface area contributed by atoms with Crippen LogP contribution in [0, 0.1) is 24.0 Å². The van der Waals surface area contributed by atoms with Gasteiger partial charge in [0.15, 0.2) is 11.6 Å². The van der Waals surface area contributed by atoms with Gasteiger partial charge in [-0.1, -0.05) is 19.1 Å². The van der Waals surface area contributed by atoms with Gasteiger partial charge in [-0.15, -0.1) is 12.3 Å². The Morgan fingerprint density at radius 3 is 2.82 bits per heavy atom. The molecule has 92 valence electrons. The summed E-state index contributed by atoms with van der Waals surface area (Å²) in [5.74, 6) is 0.974. The van der Waals surface area contributed by atoms with Crippen molar-refractivity contribution in [2.24, 2.45) is 0 Å². The Kier molecular flexibility index (Phi) is 5.65. The zero-order valence-electron chi connectivity index (χ0n) is 9.97. The lowest BCUT2D eigenvalue weighted by atomic mass is 10.0. The predicted octanol–water partition coefficient (Wildman–Crippen LogP) is 2.90. The lowest BCUT2D eigenvalue weighted by molar-refractivity contribution is 0.473. The number of nitrogens with one attached hydrogen (secondary N) is 1. The van der Waals surface area contributed by atoms with Crippen molar-refractivity contribution in [3.8, 4) is 12.3 Å². The molecule has 0 saturated carbocycles. The molecule has 1 aromatic carbocycles. The van der Waals surface area contributed by atoms with Crippen LogP contribution in [0.3, 0.4) is 0 Å². The van der Waals surface area contributed by atoms with Crippen LogP contribution in [0.4, 0.5) is 8.78 Å². The van der Waals surface area contributed by atoms with E-state index in [4.69, 9.17) is 6.42 Å². The fraction of sp³-hybridized carbons (Fsp3) is 0.429.